The molecule has 234 valence electrons. The highest BCUT2D eigenvalue weighted by molar-refractivity contribution is 5.71. The van der Waals surface area contributed by atoms with Crippen LogP contribution in [-0.2, 0) is 37.0 Å². The van der Waals surface area contributed by atoms with Crippen LogP contribution in [0.15, 0.2) is 60.7 Å². The van der Waals surface area contributed by atoms with Gasteiger partial charge in [-0.2, -0.15) is 0 Å². The Labute approximate surface area is 255 Å². The van der Waals surface area contributed by atoms with Gasteiger partial charge in [0.05, 0.1) is 44.0 Å². The van der Waals surface area contributed by atoms with E-state index in [1.54, 1.807) is 0 Å². The number of hydrogen-bond acceptors (Lipinski definition) is 6. The molecule has 0 spiro atoms. The number of nitrogens with zero attached hydrogens (tertiary/aromatic N) is 1. The van der Waals surface area contributed by atoms with E-state index in [1.165, 1.54) is 36.8 Å². The van der Waals surface area contributed by atoms with Gasteiger partial charge in [-0.3, -0.25) is 9.69 Å². The summed E-state index contributed by atoms with van der Waals surface area (Å²) in [4.78, 5) is 14.5. The monoisotopic (exact) mass is 581 g/mol. The number of hydrogen-bond donors (Lipinski definition) is 0. The molecule has 0 aromatic heterocycles. The molecule has 0 bridgehead atoms. The van der Waals surface area contributed by atoms with Gasteiger partial charge in [0.15, 0.2) is 0 Å². The molecule has 1 aliphatic carbocycles. The average molecular weight is 582 g/mol. The van der Waals surface area contributed by atoms with E-state index in [1.807, 2.05) is 26.0 Å². The van der Waals surface area contributed by atoms with Crippen molar-refractivity contribution in [3.8, 4) is 0 Å². The molecule has 3 rings (SSSR count). The third-order valence-corrected chi connectivity index (χ3v) is 8.32. The second-order valence-electron chi connectivity index (χ2n) is 11.8. The molecule has 1 fully saturated rings. The van der Waals surface area contributed by atoms with Crippen LogP contribution in [0.5, 0.6) is 0 Å². The molecule has 0 heterocycles. The molecule has 0 amide bonds. The molecule has 0 N–H and O–H groups in total. The fourth-order valence-corrected chi connectivity index (χ4v) is 5.85. The van der Waals surface area contributed by atoms with Crippen LogP contribution in [0.4, 0.5) is 0 Å². The number of rotatable bonds is 21. The molecule has 5 atom stereocenters. The van der Waals surface area contributed by atoms with E-state index in [9.17, 15) is 4.79 Å². The van der Waals surface area contributed by atoms with Crippen LogP contribution in [0.1, 0.15) is 89.7 Å². The van der Waals surface area contributed by atoms with E-state index in [4.69, 9.17) is 18.9 Å². The third kappa shape index (κ3) is 11.8. The molecule has 0 saturated heterocycles. The van der Waals surface area contributed by atoms with Gasteiger partial charge in [-0.25, -0.2) is 0 Å². The van der Waals surface area contributed by atoms with Gasteiger partial charge in [-0.15, -0.1) is 0 Å². The van der Waals surface area contributed by atoms with Crippen molar-refractivity contribution < 1.29 is 23.7 Å². The second-order valence-corrected chi connectivity index (χ2v) is 11.8. The van der Waals surface area contributed by atoms with Crippen molar-refractivity contribution >= 4 is 5.97 Å². The Hall–Kier alpha value is -2.25. The fourth-order valence-electron chi connectivity index (χ4n) is 5.85. The highest BCUT2D eigenvalue weighted by Gasteiger charge is 2.47. The molecule has 1 saturated carbocycles. The van der Waals surface area contributed by atoms with Gasteiger partial charge in [0.2, 0.25) is 0 Å². The highest BCUT2D eigenvalue weighted by Crippen LogP contribution is 2.33. The predicted octanol–water partition coefficient (Wildman–Crippen LogP) is 7.59. The quantitative estimate of drug-likeness (QED) is 0.112. The van der Waals surface area contributed by atoms with Crippen LogP contribution >= 0.6 is 0 Å². The Morgan fingerprint density at radius 3 is 2.05 bits per heavy atom. The Morgan fingerprint density at radius 2 is 1.43 bits per heavy atom. The van der Waals surface area contributed by atoms with Gasteiger partial charge >= 0.3 is 5.97 Å². The second kappa shape index (κ2) is 19.8. The Balaban J connectivity index is 1.68. The molecular formula is C36H55NO5. The minimum Gasteiger partial charge on any atom is -0.466 e. The summed E-state index contributed by atoms with van der Waals surface area (Å²) in [5.74, 6) is -0.162. The van der Waals surface area contributed by atoms with E-state index in [0.717, 1.165) is 45.3 Å². The topological polar surface area (TPSA) is 57.2 Å². The van der Waals surface area contributed by atoms with Crippen LogP contribution in [0.25, 0.3) is 0 Å². The van der Waals surface area contributed by atoms with Gasteiger partial charge < -0.3 is 18.9 Å². The van der Waals surface area contributed by atoms with Crippen molar-refractivity contribution in [2.45, 2.75) is 116 Å². The van der Waals surface area contributed by atoms with Crippen LogP contribution in [0.2, 0.25) is 0 Å². The molecule has 6 heteroatoms. The van der Waals surface area contributed by atoms with Gasteiger partial charge in [0.25, 0.3) is 0 Å². The summed E-state index contributed by atoms with van der Waals surface area (Å²) in [7, 11) is 2.19. The van der Waals surface area contributed by atoms with Crippen molar-refractivity contribution in [3.05, 3.63) is 71.8 Å². The first-order valence-electron chi connectivity index (χ1n) is 16.3. The Bertz CT molecular complexity index is 971. The van der Waals surface area contributed by atoms with Crippen molar-refractivity contribution in [1.82, 2.24) is 4.90 Å². The van der Waals surface area contributed by atoms with E-state index >= 15 is 0 Å². The number of likely N-dealkylation sites (N-methyl/N-ethyl adjacent to an activating group) is 1. The summed E-state index contributed by atoms with van der Waals surface area (Å²) in [5, 5.41) is 0. The molecule has 6 nitrogen and oxygen atoms in total. The molecule has 1 aliphatic rings. The molecule has 2 aromatic rings. The molecule has 1 unspecified atom stereocenters. The normalized spacial score (nSPS) is 21.1. The summed E-state index contributed by atoms with van der Waals surface area (Å²) in [6, 6.07) is 20.9. The lowest BCUT2D eigenvalue weighted by Gasteiger charge is -2.34. The van der Waals surface area contributed by atoms with Gasteiger partial charge in [-0.05, 0) is 50.9 Å². The summed E-state index contributed by atoms with van der Waals surface area (Å²) < 4.78 is 25.1. The van der Waals surface area contributed by atoms with E-state index in [-0.39, 0.29) is 36.2 Å². The lowest BCUT2D eigenvalue weighted by atomic mass is 10.0. The molecular weight excluding hydrogens is 526 g/mol. The summed E-state index contributed by atoms with van der Waals surface area (Å²) >= 11 is 0. The highest BCUT2D eigenvalue weighted by atomic mass is 16.6. The summed E-state index contributed by atoms with van der Waals surface area (Å²) in [6.07, 6.45) is 9.55. The first-order valence-corrected chi connectivity index (χ1v) is 16.3. The maximum Gasteiger partial charge on any atom is 0.308 e. The minimum absolute atomic E-state index is 0.000438. The van der Waals surface area contributed by atoms with Crippen molar-refractivity contribution in [2.24, 2.45) is 5.92 Å². The zero-order valence-electron chi connectivity index (χ0n) is 26.5. The van der Waals surface area contributed by atoms with Crippen LogP contribution in [0, 0.1) is 5.92 Å². The van der Waals surface area contributed by atoms with Crippen molar-refractivity contribution in [3.63, 3.8) is 0 Å². The smallest absolute Gasteiger partial charge is 0.308 e. The first-order chi connectivity index (χ1) is 20.5. The van der Waals surface area contributed by atoms with Gasteiger partial charge in [0.1, 0.15) is 6.10 Å². The maximum atomic E-state index is 12.1. The van der Waals surface area contributed by atoms with E-state index in [0.29, 0.717) is 19.8 Å². The fraction of sp³-hybridized carbons (Fsp3) is 0.639. The number of carbonyl (C=O) groups is 1. The van der Waals surface area contributed by atoms with Crippen molar-refractivity contribution in [1.29, 1.82) is 0 Å². The summed E-state index contributed by atoms with van der Waals surface area (Å²) in [6.45, 7) is 9.29. The van der Waals surface area contributed by atoms with Crippen LogP contribution < -0.4 is 0 Å². The number of benzene rings is 2. The predicted molar refractivity (Wildman–Crippen MR) is 169 cm³/mol. The molecule has 2 aromatic carbocycles. The van der Waals surface area contributed by atoms with E-state index < -0.39 is 0 Å². The minimum atomic E-state index is -0.0955. The number of carbonyl (C=O) groups excluding carboxylic acids is 1. The SMILES string of the molecule is CCCCCCCO[C@@H]1[C@@H](N(C)CCCCC(C)C(=O)OCC)[C@H](OCc2ccccc2)C[C@@H]1OCc1ccccc1. The summed E-state index contributed by atoms with van der Waals surface area (Å²) in [5.41, 5.74) is 2.35. The molecule has 0 radical (unpaired) electrons. The maximum absolute atomic E-state index is 12.1. The zero-order valence-corrected chi connectivity index (χ0v) is 26.5. The lowest BCUT2D eigenvalue weighted by Crippen LogP contribution is -2.48. The Kier molecular flexibility index (Phi) is 16.2. The molecule has 0 aliphatic heterocycles. The molecule has 42 heavy (non-hydrogen) atoms. The zero-order chi connectivity index (χ0) is 30.0. The van der Waals surface area contributed by atoms with Gasteiger partial charge in [0, 0.05) is 13.0 Å². The van der Waals surface area contributed by atoms with E-state index in [2.05, 4.69) is 67.4 Å². The van der Waals surface area contributed by atoms with Crippen molar-refractivity contribution in [2.75, 3.05) is 26.8 Å². The number of unbranched alkanes of at least 4 members (excludes halogenated alkanes) is 5. The lowest BCUT2D eigenvalue weighted by molar-refractivity contribution is -0.147. The number of ether oxygens (including phenoxy) is 4. The standard InChI is InChI=1S/C36H55NO5/c1-5-7-8-9-18-25-40-35-33(42-28-31-22-14-11-15-23-31)26-32(41-27-30-20-12-10-13-21-30)34(35)37(4)24-17-16-19-29(3)36(38)39-6-2/h10-15,20-23,29,32-35H,5-9,16-19,24-28H2,1-4H3/t29?,32-,33+,34+,35+/m1/s1. The van der Waals surface area contributed by atoms with Crippen LogP contribution in [-0.4, -0.2) is 62.0 Å². The first kappa shape index (κ1) is 34.2. The van der Waals surface area contributed by atoms with Gasteiger partial charge in [-0.1, -0.05) is 107 Å². The number of esters is 1. The van der Waals surface area contributed by atoms with Crippen LogP contribution in [0.3, 0.4) is 0 Å². The average Bonchev–Trinajstić information content (AvgIpc) is 3.37. The largest absolute Gasteiger partial charge is 0.466 e. The third-order valence-electron chi connectivity index (χ3n) is 8.32. The Morgan fingerprint density at radius 1 is 0.810 bits per heavy atom.